The molecule has 1 N–H and O–H groups in total. The summed E-state index contributed by atoms with van der Waals surface area (Å²) in [7, 11) is 0. The summed E-state index contributed by atoms with van der Waals surface area (Å²) in [5, 5.41) is 6.36. The van der Waals surface area contributed by atoms with Crippen molar-refractivity contribution in [1.82, 2.24) is 5.32 Å². The molecule has 0 saturated heterocycles. The summed E-state index contributed by atoms with van der Waals surface area (Å²) in [5.41, 5.74) is 8.02. The highest BCUT2D eigenvalue weighted by molar-refractivity contribution is 9.10. The van der Waals surface area contributed by atoms with Gasteiger partial charge in [0.1, 0.15) is 0 Å². The van der Waals surface area contributed by atoms with Gasteiger partial charge < -0.3 is 14.8 Å². The van der Waals surface area contributed by atoms with Crippen LogP contribution in [-0.2, 0) is 9.47 Å². The van der Waals surface area contributed by atoms with Gasteiger partial charge in [-0.2, -0.15) is 0 Å². The third-order valence-corrected chi connectivity index (χ3v) is 2.46. The Kier molecular flexibility index (Phi) is 5.95. The van der Waals surface area contributed by atoms with E-state index in [1.54, 1.807) is 6.20 Å². The number of dihydropyridines is 1. The van der Waals surface area contributed by atoms with Crippen LogP contribution in [0.15, 0.2) is 29.5 Å². The van der Waals surface area contributed by atoms with Crippen molar-refractivity contribution in [3.05, 3.63) is 34.9 Å². The molecule has 88 valence electrons. The maximum atomic E-state index is 8.02. The molecule has 1 aliphatic heterocycles. The van der Waals surface area contributed by atoms with Crippen LogP contribution in [0.4, 0.5) is 0 Å². The maximum Gasteiger partial charge on any atom is 0.215 e. The quantitative estimate of drug-likeness (QED) is 0.194. The van der Waals surface area contributed by atoms with E-state index in [-0.39, 0.29) is 0 Å². The van der Waals surface area contributed by atoms with E-state index < -0.39 is 4.63 Å². The summed E-state index contributed by atoms with van der Waals surface area (Å²) >= 11 is 3.40. The average Bonchev–Trinajstić information content (AvgIpc) is 2.29. The number of alkyl halides is 1. The van der Waals surface area contributed by atoms with Crippen LogP contribution in [-0.4, -0.2) is 31.0 Å². The summed E-state index contributed by atoms with van der Waals surface area (Å²) in [4.78, 5) is 2.62. The van der Waals surface area contributed by atoms with Crippen molar-refractivity contribution in [2.75, 3.05) is 26.4 Å². The number of rotatable bonds is 7. The van der Waals surface area contributed by atoms with Gasteiger partial charge in [-0.25, -0.2) is 0 Å². The second-order valence-electron chi connectivity index (χ2n) is 2.92. The predicted octanol–water partition coefficient (Wildman–Crippen LogP) is 2.05. The summed E-state index contributed by atoms with van der Waals surface area (Å²) in [6, 6.07) is 0. The molecule has 0 aliphatic carbocycles. The Morgan fingerprint density at radius 3 is 2.94 bits per heavy atom. The minimum atomic E-state index is -0.643. The number of ether oxygens (including phenoxy) is 2. The highest BCUT2D eigenvalue weighted by Gasteiger charge is 2.22. The first-order valence-electron chi connectivity index (χ1n) is 4.80. The van der Waals surface area contributed by atoms with E-state index in [0.717, 1.165) is 0 Å². The number of hydrogen-bond donors (Lipinski definition) is 1. The topological polar surface area (TPSA) is 79.3 Å². The van der Waals surface area contributed by atoms with Crippen LogP contribution >= 0.6 is 15.9 Å². The molecule has 1 unspecified atom stereocenters. The molecule has 0 fully saturated rings. The Morgan fingerprint density at radius 1 is 1.38 bits per heavy atom. The lowest BCUT2D eigenvalue weighted by molar-refractivity contribution is 0.00406. The number of hydrogen-bond acceptors (Lipinski definition) is 4. The molecule has 0 radical (unpaired) electrons. The second kappa shape index (κ2) is 7.29. The van der Waals surface area contributed by atoms with E-state index in [1.807, 2.05) is 18.2 Å². The Hall–Kier alpha value is -1.01. The zero-order valence-corrected chi connectivity index (χ0v) is 10.3. The molecule has 0 saturated carbocycles. The third-order valence-electron chi connectivity index (χ3n) is 1.74. The van der Waals surface area contributed by atoms with Crippen molar-refractivity contribution < 1.29 is 9.47 Å². The molecule has 0 aromatic carbocycles. The molecule has 6 nitrogen and oxygen atoms in total. The van der Waals surface area contributed by atoms with Gasteiger partial charge >= 0.3 is 0 Å². The van der Waals surface area contributed by atoms with E-state index in [4.69, 9.17) is 15.0 Å². The van der Waals surface area contributed by atoms with Gasteiger partial charge in [-0.05, 0) is 39.8 Å². The Bertz CT molecular complexity index is 315. The summed E-state index contributed by atoms with van der Waals surface area (Å²) in [6.07, 6.45) is 7.40. The van der Waals surface area contributed by atoms with Gasteiger partial charge in [0.05, 0.1) is 19.8 Å². The van der Waals surface area contributed by atoms with Crippen LogP contribution in [0.2, 0.25) is 0 Å². The van der Waals surface area contributed by atoms with Gasteiger partial charge in [-0.15, -0.1) is 0 Å². The minimum absolute atomic E-state index is 0.344. The predicted molar refractivity (Wildman–Crippen MR) is 63.9 cm³/mol. The average molecular weight is 289 g/mol. The number of allylic oxidation sites excluding steroid dienone is 2. The smallest absolute Gasteiger partial charge is 0.215 e. The molecule has 0 aromatic rings. The standard InChI is InChI=1S/C9H13BrN4O2/c10-9(3-1-2-4-12-9)16-8-7-15-6-5-13-14-11/h1-4,12H,5-8H2. The van der Waals surface area contributed by atoms with Crippen molar-refractivity contribution in [3.8, 4) is 0 Å². The zero-order valence-electron chi connectivity index (χ0n) is 8.67. The largest absolute Gasteiger partial charge is 0.379 e. The normalized spacial score (nSPS) is 22.6. The van der Waals surface area contributed by atoms with E-state index in [2.05, 4.69) is 31.3 Å². The van der Waals surface area contributed by atoms with Crippen molar-refractivity contribution in [3.63, 3.8) is 0 Å². The van der Waals surface area contributed by atoms with Crippen LogP contribution < -0.4 is 5.32 Å². The van der Waals surface area contributed by atoms with E-state index in [0.29, 0.717) is 26.4 Å². The van der Waals surface area contributed by atoms with E-state index >= 15 is 0 Å². The monoisotopic (exact) mass is 288 g/mol. The molecular weight excluding hydrogens is 276 g/mol. The first-order chi connectivity index (χ1) is 7.77. The van der Waals surface area contributed by atoms with E-state index in [1.165, 1.54) is 0 Å². The van der Waals surface area contributed by atoms with Crippen molar-refractivity contribution in [2.24, 2.45) is 5.11 Å². The fourth-order valence-corrected chi connectivity index (χ4v) is 1.48. The fourth-order valence-electron chi connectivity index (χ4n) is 1.04. The van der Waals surface area contributed by atoms with Crippen LogP contribution in [0, 0.1) is 0 Å². The molecule has 0 bridgehead atoms. The molecule has 1 heterocycles. The van der Waals surface area contributed by atoms with Crippen LogP contribution in [0.25, 0.3) is 10.4 Å². The molecule has 16 heavy (non-hydrogen) atoms. The maximum absolute atomic E-state index is 8.02. The van der Waals surface area contributed by atoms with Crippen LogP contribution in [0.3, 0.4) is 0 Å². The lowest BCUT2D eigenvalue weighted by atomic mass is 10.4. The van der Waals surface area contributed by atoms with Crippen molar-refractivity contribution in [1.29, 1.82) is 0 Å². The van der Waals surface area contributed by atoms with Crippen LogP contribution in [0.5, 0.6) is 0 Å². The number of nitrogens with zero attached hydrogens (tertiary/aromatic N) is 3. The van der Waals surface area contributed by atoms with Crippen LogP contribution in [0.1, 0.15) is 0 Å². The molecular formula is C9H13BrN4O2. The SMILES string of the molecule is [N-]=[N+]=NCCOCCOC1(Br)C=CC=CN1. The molecule has 1 rings (SSSR count). The number of azide groups is 1. The molecule has 0 spiro atoms. The molecule has 1 aliphatic rings. The first-order valence-corrected chi connectivity index (χ1v) is 5.60. The Morgan fingerprint density at radius 2 is 2.25 bits per heavy atom. The third kappa shape index (κ3) is 5.18. The zero-order chi connectivity index (χ0) is 11.7. The summed E-state index contributed by atoms with van der Waals surface area (Å²) < 4.78 is 10.1. The van der Waals surface area contributed by atoms with Gasteiger partial charge in [0, 0.05) is 11.5 Å². The Balaban J connectivity index is 2.04. The molecule has 7 heteroatoms. The summed E-state index contributed by atoms with van der Waals surface area (Å²) in [5.74, 6) is 0. The first kappa shape index (κ1) is 13.1. The van der Waals surface area contributed by atoms with Gasteiger partial charge in [0.15, 0.2) is 0 Å². The molecule has 0 amide bonds. The van der Waals surface area contributed by atoms with E-state index in [9.17, 15) is 0 Å². The number of nitrogens with one attached hydrogen (secondary N) is 1. The van der Waals surface area contributed by atoms with Gasteiger partial charge in [0.2, 0.25) is 4.63 Å². The van der Waals surface area contributed by atoms with Crippen molar-refractivity contribution in [2.45, 2.75) is 4.63 Å². The van der Waals surface area contributed by atoms with Gasteiger partial charge in [-0.3, -0.25) is 0 Å². The molecule has 1 atom stereocenters. The second-order valence-corrected chi connectivity index (χ2v) is 4.10. The summed E-state index contributed by atoms with van der Waals surface area (Å²) in [6.45, 7) is 1.64. The van der Waals surface area contributed by atoms with Gasteiger partial charge in [-0.1, -0.05) is 11.2 Å². The van der Waals surface area contributed by atoms with Crippen molar-refractivity contribution >= 4 is 15.9 Å². The highest BCUT2D eigenvalue weighted by Crippen LogP contribution is 2.20. The lowest BCUT2D eigenvalue weighted by Gasteiger charge is -2.26. The highest BCUT2D eigenvalue weighted by atomic mass is 79.9. The van der Waals surface area contributed by atoms with Gasteiger partial charge in [0.25, 0.3) is 0 Å². The number of halogens is 1. The minimum Gasteiger partial charge on any atom is -0.379 e. The lowest BCUT2D eigenvalue weighted by Crippen LogP contribution is -2.38. The molecule has 0 aromatic heterocycles. The Labute approximate surface area is 102 Å². The fraction of sp³-hybridized carbons (Fsp3) is 0.556.